The molecule has 0 aliphatic carbocycles. The number of carbonyl (C=O) groups is 2. The van der Waals surface area contributed by atoms with Crippen molar-refractivity contribution in [1.29, 1.82) is 0 Å². The monoisotopic (exact) mass is 1070 g/mol. The lowest BCUT2D eigenvalue weighted by molar-refractivity contribution is -0.161. The van der Waals surface area contributed by atoms with Gasteiger partial charge >= 0.3 is 19.8 Å². The van der Waals surface area contributed by atoms with Crippen molar-refractivity contribution < 1.29 is 37.6 Å². The van der Waals surface area contributed by atoms with E-state index in [1.54, 1.807) is 0 Å². The Balaban J connectivity index is 3.69. The number of hydrogen-bond acceptors (Lipinski definition) is 8. The fraction of sp³-hybridized carbons (Fsp3) is 0.815. The minimum atomic E-state index is -4.39. The quantitative estimate of drug-likeness (QED) is 0.0264. The van der Waals surface area contributed by atoms with Crippen molar-refractivity contribution in [1.82, 2.24) is 0 Å². The van der Waals surface area contributed by atoms with E-state index < -0.39 is 26.5 Å². The van der Waals surface area contributed by atoms with Gasteiger partial charge in [-0.3, -0.25) is 18.6 Å². The Bertz CT molecular complexity index is 1410. The molecule has 0 aromatic carbocycles. The van der Waals surface area contributed by atoms with E-state index in [0.29, 0.717) is 6.42 Å². The highest BCUT2D eigenvalue weighted by Crippen LogP contribution is 2.43. The fourth-order valence-corrected chi connectivity index (χ4v) is 9.98. The molecule has 0 aliphatic rings. The van der Waals surface area contributed by atoms with Gasteiger partial charge in [-0.05, 0) is 77.0 Å². The molecule has 0 amide bonds. The second kappa shape index (κ2) is 60.9. The van der Waals surface area contributed by atoms with Crippen LogP contribution in [0.2, 0.25) is 0 Å². The summed E-state index contributed by atoms with van der Waals surface area (Å²) in [7, 11) is -4.39. The summed E-state index contributed by atoms with van der Waals surface area (Å²) in [5.41, 5.74) is 5.37. The van der Waals surface area contributed by atoms with Crippen LogP contribution >= 0.6 is 7.82 Å². The zero-order valence-electron chi connectivity index (χ0n) is 49.0. The summed E-state index contributed by atoms with van der Waals surface area (Å²) in [6.45, 7) is 3.60. The number of carbonyl (C=O) groups excluding carboxylic acids is 2. The molecule has 438 valence electrons. The van der Waals surface area contributed by atoms with Gasteiger partial charge in [-0.25, -0.2) is 4.57 Å². The zero-order valence-corrected chi connectivity index (χ0v) is 49.9. The molecule has 0 bridgehead atoms. The van der Waals surface area contributed by atoms with Gasteiger partial charge in [0.05, 0.1) is 13.2 Å². The van der Waals surface area contributed by atoms with Gasteiger partial charge in [0.15, 0.2) is 6.10 Å². The van der Waals surface area contributed by atoms with Gasteiger partial charge in [0.1, 0.15) is 6.61 Å². The van der Waals surface area contributed by atoms with Crippen molar-refractivity contribution >= 4 is 19.8 Å². The van der Waals surface area contributed by atoms with Crippen molar-refractivity contribution in [2.75, 3.05) is 26.4 Å². The Morgan fingerprint density at radius 3 is 1.11 bits per heavy atom. The van der Waals surface area contributed by atoms with E-state index in [9.17, 15) is 19.0 Å². The zero-order chi connectivity index (χ0) is 54.5. The molecule has 3 N–H and O–H groups in total. The number of allylic oxidation sites excluding steroid dienone is 10. The van der Waals surface area contributed by atoms with E-state index in [1.807, 2.05) is 0 Å². The van der Waals surface area contributed by atoms with Crippen LogP contribution in [0.15, 0.2) is 60.8 Å². The molecule has 0 spiro atoms. The maximum absolute atomic E-state index is 12.6. The molecule has 10 heteroatoms. The second-order valence-electron chi connectivity index (χ2n) is 21.2. The fourth-order valence-electron chi connectivity index (χ4n) is 9.21. The van der Waals surface area contributed by atoms with Crippen molar-refractivity contribution in [2.24, 2.45) is 5.73 Å². The Kier molecular flexibility index (Phi) is 59.1. The van der Waals surface area contributed by atoms with Crippen molar-refractivity contribution in [2.45, 2.75) is 315 Å². The molecule has 2 unspecified atom stereocenters. The average molecular weight is 1070 g/mol. The summed E-state index contributed by atoms with van der Waals surface area (Å²) >= 11 is 0. The van der Waals surface area contributed by atoms with Crippen LogP contribution in [0.1, 0.15) is 309 Å². The standard InChI is InChI=1S/C65H120NO8P/c1-3-5-7-9-11-13-15-17-18-19-20-21-22-23-24-25-26-27-28-29-30-31-32-33-34-35-36-37-38-39-40-41-42-43-44-46-47-49-51-53-55-57-64(67)71-61-63(62-73-75(69,70)72-60-59-66)74-65(68)58-56-54-52-50-48-45-16-14-12-10-8-6-4-2/h6,8,12,14-15,17,19-20,45,48,63H,3-5,7,9-11,13,16,18,21-44,46-47,49-62,66H2,1-2H3,(H,69,70)/b8-6-,14-12-,17-15-,20-19-,48-45-. The summed E-state index contributed by atoms with van der Waals surface area (Å²) in [6.07, 6.45) is 77.8. The SMILES string of the molecule is CC/C=C\C/C=C\C/C=C\CCCCCC(=O)OC(COC(=O)CCCCCCCCCCCCCCCCCCCCCCCCCCCCCCC/C=C\C/C=C\CCCCCCC)COP(=O)(O)OCCN. The van der Waals surface area contributed by atoms with Crippen LogP contribution in [-0.4, -0.2) is 49.3 Å². The normalized spacial score (nSPS) is 13.4. The topological polar surface area (TPSA) is 134 Å². The van der Waals surface area contributed by atoms with Crippen LogP contribution in [0.25, 0.3) is 0 Å². The number of ether oxygens (including phenoxy) is 2. The first kappa shape index (κ1) is 72.7. The van der Waals surface area contributed by atoms with Gasteiger partial charge in [-0.2, -0.15) is 0 Å². The minimum absolute atomic E-state index is 0.0481. The van der Waals surface area contributed by atoms with E-state index in [4.69, 9.17) is 24.3 Å². The number of esters is 2. The Hall–Kier alpha value is -2.29. The number of nitrogens with two attached hydrogens (primary N) is 1. The molecular weight excluding hydrogens is 954 g/mol. The van der Waals surface area contributed by atoms with Crippen molar-refractivity contribution in [3.8, 4) is 0 Å². The Morgan fingerprint density at radius 2 is 0.733 bits per heavy atom. The highest BCUT2D eigenvalue weighted by Gasteiger charge is 2.26. The maximum Gasteiger partial charge on any atom is 0.472 e. The van der Waals surface area contributed by atoms with Gasteiger partial charge < -0.3 is 20.1 Å². The largest absolute Gasteiger partial charge is 0.472 e. The van der Waals surface area contributed by atoms with Crippen LogP contribution in [0.3, 0.4) is 0 Å². The summed E-state index contributed by atoms with van der Waals surface area (Å²) in [6, 6.07) is 0. The molecule has 9 nitrogen and oxygen atoms in total. The lowest BCUT2D eigenvalue weighted by Crippen LogP contribution is -2.29. The molecule has 0 aromatic heterocycles. The van der Waals surface area contributed by atoms with Crippen LogP contribution in [0, 0.1) is 0 Å². The third-order valence-corrected chi connectivity index (χ3v) is 14.9. The van der Waals surface area contributed by atoms with E-state index in [2.05, 4.69) is 74.6 Å². The first-order valence-electron chi connectivity index (χ1n) is 31.8. The molecule has 0 fully saturated rings. The van der Waals surface area contributed by atoms with E-state index >= 15 is 0 Å². The van der Waals surface area contributed by atoms with Crippen molar-refractivity contribution in [3.63, 3.8) is 0 Å². The van der Waals surface area contributed by atoms with Crippen LogP contribution in [0.5, 0.6) is 0 Å². The van der Waals surface area contributed by atoms with Crippen LogP contribution in [-0.2, 0) is 32.7 Å². The first-order valence-corrected chi connectivity index (χ1v) is 33.3. The maximum atomic E-state index is 12.6. The predicted molar refractivity (Wildman–Crippen MR) is 321 cm³/mol. The van der Waals surface area contributed by atoms with Gasteiger partial charge in [-0.15, -0.1) is 0 Å². The highest BCUT2D eigenvalue weighted by atomic mass is 31.2. The van der Waals surface area contributed by atoms with Gasteiger partial charge in [0.2, 0.25) is 0 Å². The van der Waals surface area contributed by atoms with E-state index in [1.165, 1.54) is 212 Å². The smallest absolute Gasteiger partial charge is 0.462 e. The molecule has 0 radical (unpaired) electrons. The Labute approximate surface area is 463 Å². The molecular formula is C65H120NO8P. The van der Waals surface area contributed by atoms with Crippen molar-refractivity contribution in [3.05, 3.63) is 60.8 Å². The summed E-state index contributed by atoms with van der Waals surface area (Å²) in [4.78, 5) is 35.1. The third kappa shape index (κ3) is 60.8. The molecule has 2 atom stereocenters. The molecule has 75 heavy (non-hydrogen) atoms. The lowest BCUT2D eigenvalue weighted by Gasteiger charge is -2.19. The van der Waals surface area contributed by atoms with Crippen LogP contribution in [0.4, 0.5) is 0 Å². The van der Waals surface area contributed by atoms with Crippen LogP contribution < -0.4 is 5.73 Å². The number of hydrogen-bond donors (Lipinski definition) is 2. The summed E-state index contributed by atoms with van der Waals surface area (Å²) in [5, 5.41) is 0. The summed E-state index contributed by atoms with van der Waals surface area (Å²) in [5.74, 6) is -0.853. The average Bonchev–Trinajstić information content (AvgIpc) is 3.40. The molecule has 0 aliphatic heterocycles. The van der Waals surface area contributed by atoms with Gasteiger partial charge in [-0.1, -0.05) is 280 Å². The third-order valence-electron chi connectivity index (χ3n) is 13.9. The second-order valence-corrected chi connectivity index (χ2v) is 22.7. The molecule has 0 heterocycles. The summed E-state index contributed by atoms with van der Waals surface area (Å²) < 4.78 is 32.9. The number of unbranched alkanes of at least 4 members (excludes halogenated alkanes) is 37. The molecule has 0 aromatic rings. The minimum Gasteiger partial charge on any atom is -0.462 e. The van der Waals surface area contributed by atoms with E-state index in [0.717, 1.165) is 64.2 Å². The predicted octanol–water partition coefficient (Wildman–Crippen LogP) is 20.3. The lowest BCUT2D eigenvalue weighted by atomic mass is 10.0. The number of rotatable bonds is 60. The number of phosphoric acid groups is 1. The molecule has 0 rings (SSSR count). The Morgan fingerprint density at radius 1 is 0.413 bits per heavy atom. The van der Waals surface area contributed by atoms with Gasteiger partial charge in [0, 0.05) is 19.4 Å². The number of phosphoric ester groups is 1. The molecule has 0 saturated heterocycles. The molecule has 0 saturated carbocycles. The van der Waals surface area contributed by atoms with E-state index in [-0.39, 0.29) is 38.6 Å². The first-order chi connectivity index (χ1) is 36.8. The highest BCUT2D eigenvalue weighted by molar-refractivity contribution is 7.47. The van der Waals surface area contributed by atoms with Gasteiger partial charge in [0.25, 0.3) is 0 Å².